The molecule has 0 radical (unpaired) electrons. The summed E-state index contributed by atoms with van der Waals surface area (Å²) < 4.78 is 5.39. The number of carbonyl (C=O) groups is 2. The van der Waals surface area contributed by atoms with E-state index in [0.29, 0.717) is 13.1 Å². The van der Waals surface area contributed by atoms with Crippen molar-refractivity contribution in [2.75, 3.05) is 13.1 Å². The van der Waals surface area contributed by atoms with Crippen molar-refractivity contribution in [2.45, 2.75) is 32.3 Å². The third-order valence-corrected chi connectivity index (χ3v) is 3.93. The van der Waals surface area contributed by atoms with Crippen molar-refractivity contribution in [3.8, 4) is 0 Å². The smallest absolute Gasteiger partial charge is 0.410 e. The van der Waals surface area contributed by atoms with Crippen molar-refractivity contribution in [3.05, 3.63) is 35.4 Å². The first kappa shape index (κ1) is 13.2. The molecule has 1 aliphatic heterocycles. The second-order valence-electron chi connectivity index (χ2n) is 6.55. The van der Waals surface area contributed by atoms with E-state index in [9.17, 15) is 9.59 Å². The Kier molecular flexibility index (Phi) is 2.85. The van der Waals surface area contributed by atoms with Crippen molar-refractivity contribution in [1.82, 2.24) is 4.90 Å². The zero-order valence-corrected chi connectivity index (χ0v) is 12.1. The summed E-state index contributed by atoms with van der Waals surface area (Å²) in [6, 6.07) is 7.72. The van der Waals surface area contributed by atoms with Crippen LogP contribution in [0.25, 0.3) is 0 Å². The molecule has 106 valence electrons. The highest BCUT2D eigenvalue weighted by Crippen LogP contribution is 2.42. The van der Waals surface area contributed by atoms with Gasteiger partial charge in [-0.15, -0.1) is 0 Å². The van der Waals surface area contributed by atoms with Gasteiger partial charge >= 0.3 is 6.09 Å². The number of Topliss-reactive ketones (excluding diaryl/α,β-unsaturated/α-hetero) is 1. The zero-order chi connectivity index (χ0) is 14.5. The number of nitrogens with zero attached hydrogens (tertiary/aromatic N) is 1. The molecule has 4 heteroatoms. The number of likely N-dealkylation sites (tertiary alicyclic amines) is 1. The maximum absolute atomic E-state index is 12.4. The fourth-order valence-corrected chi connectivity index (χ4v) is 3.10. The van der Waals surface area contributed by atoms with Gasteiger partial charge in [0.25, 0.3) is 0 Å². The predicted octanol–water partition coefficient (Wildman–Crippen LogP) is 2.83. The monoisotopic (exact) mass is 273 g/mol. The van der Waals surface area contributed by atoms with Gasteiger partial charge in [0, 0.05) is 30.5 Å². The summed E-state index contributed by atoms with van der Waals surface area (Å²) in [7, 11) is 0. The molecule has 0 bridgehead atoms. The first-order chi connectivity index (χ1) is 9.37. The Bertz CT molecular complexity index is 573. The Labute approximate surface area is 118 Å². The SMILES string of the molecule is CC(C)(C)OC(=O)N1C[C@@H]2C(=O)c3ccccc3[C@@H]2C1. The first-order valence-corrected chi connectivity index (χ1v) is 6.98. The lowest BCUT2D eigenvalue weighted by molar-refractivity contribution is 0.0287. The minimum absolute atomic E-state index is 0.0973. The van der Waals surface area contributed by atoms with Crippen molar-refractivity contribution >= 4 is 11.9 Å². The van der Waals surface area contributed by atoms with Gasteiger partial charge in [0.1, 0.15) is 5.60 Å². The van der Waals surface area contributed by atoms with Crippen LogP contribution in [0.5, 0.6) is 0 Å². The molecule has 0 spiro atoms. The van der Waals surface area contributed by atoms with Crippen molar-refractivity contribution in [1.29, 1.82) is 0 Å². The van der Waals surface area contributed by atoms with Crippen molar-refractivity contribution < 1.29 is 14.3 Å². The average Bonchev–Trinajstić information content (AvgIpc) is 2.89. The Morgan fingerprint density at radius 1 is 1.20 bits per heavy atom. The highest BCUT2D eigenvalue weighted by Gasteiger charge is 2.47. The minimum atomic E-state index is -0.503. The van der Waals surface area contributed by atoms with E-state index in [2.05, 4.69) is 0 Å². The zero-order valence-electron chi connectivity index (χ0n) is 12.1. The molecule has 1 aromatic rings. The van der Waals surface area contributed by atoms with Gasteiger partial charge in [0.05, 0.1) is 0 Å². The van der Waals surface area contributed by atoms with Gasteiger partial charge in [0.15, 0.2) is 5.78 Å². The molecule has 20 heavy (non-hydrogen) atoms. The quantitative estimate of drug-likeness (QED) is 0.730. The van der Waals surface area contributed by atoms with E-state index < -0.39 is 5.60 Å². The van der Waals surface area contributed by atoms with Crippen LogP contribution in [0.1, 0.15) is 42.6 Å². The number of benzene rings is 1. The Balaban J connectivity index is 1.79. The lowest BCUT2D eigenvalue weighted by Gasteiger charge is -2.24. The summed E-state index contributed by atoms with van der Waals surface area (Å²) in [6.07, 6.45) is -0.322. The molecule has 1 aromatic carbocycles. The standard InChI is InChI=1S/C16H19NO3/c1-16(2,3)20-15(19)17-8-12-10-6-4-5-7-11(10)14(18)13(12)9-17/h4-7,12-13H,8-9H2,1-3H3/t12-,13-/m0/s1. The average molecular weight is 273 g/mol. The molecule has 1 heterocycles. The lowest BCUT2D eigenvalue weighted by Crippen LogP contribution is -2.36. The fraction of sp³-hybridized carbons (Fsp3) is 0.500. The van der Waals surface area contributed by atoms with Crippen molar-refractivity contribution in [2.24, 2.45) is 5.92 Å². The summed E-state index contributed by atoms with van der Waals surface area (Å²) in [5.41, 5.74) is 1.40. The maximum atomic E-state index is 12.4. The van der Waals surface area contributed by atoms with E-state index in [1.165, 1.54) is 0 Å². The molecular weight excluding hydrogens is 254 g/mol. The van der Waals surface area contributed by atoms with Gasteiger partial charge < -0.3 is 9.64 Å². The second-order valence-corrected chi connectivity index (χ2v) is 6.55. The number of ether oxygens (including phenoxy) is 1. The van der Waals surface area contributed by atoms with Crippen LogP contribution >= 0.6 is 0 Å². The molecule has 0 saturated carbocycles. The third kappa shape index (κ3) is 2.09. The highest BCUT2D eigenvalue weighted by molar-refractivity contribution is 6.04. The molecule has 0 N–H and O–H groups in total. The number of hydrogen-bond donors (Lipinski definition) is 0. The van der Waals surface area contributed by atoms with E-state index in [-0.39, 0.29) is 23.7 Å². The van der Waals surface area contributed by atoms with Crippen LogP contribution in [0.4, 0.5) is 4.79 Å². The Hall–Kier alpha value is -1.84. The van der Waals surface area contributed by atoms with Gasteiger partial charge in [-0.3, -0.25) is 4.79 Å². The third-order valence-electron chi connectivity index (χ3n) is 3.93. The minimum Gasteiger partial charge on any atom is -0.444 e. The summed E-state index contributed by atoms with van der Waals surface area (Å²) in [5, 5.41) is 0. The van der Waals surface area contributed by atoms with Crippen LogP contribution in [0.2, 0.25) is 0 Å². The number of carbonyl (C=O) groups excluding carboxylic acids is 2. The van der Waals surface area contributed by atoms with Crippen LogP contribution in [0, 0.1) is 5.92 Å². The summed E-state index contributed by atoms with van der Waals surface area (Å²) in [4.78, 5) is 26.1. The van der Waals surface area contributed by atoms with Crippen LogP contribution in [0.15, 0.2) is 24.3 Å². The summed E-state index contributed by atoms with van der Waals surface area (Å²) >= 11 is 0. The predicted molar refractivity (Wildman–Crippen MR) is 74.8 cm³/mol. The molecule has 3 rings (SSSR count). The molecular formula is C16H19NO3. The van der Waals surface area contributed by atoms with Gasteiger partial charge in [-0.1, -0.05) is 24.3 Å². The number of fused-ring (bicyclic) bond motifs is 3. The molecule has 4 nitrogen and oxygen atoms in total. The second kappa shape index (κ2) is 4.33. The Morgan fingerprint density at radius 2 is 1.85 bits per heavy atom. The molecule has 1 amide bonds. The fourth-order valence-electron chi connectivity index (χ4n) is 3.10. The molecule has 0 aromatic heterocycles. The van der Waals surface area contributed by atoms with Crippen LogP contribution in [-0.2, 0) is 4.74 Å². The molecule has 1 fully saturated rings. The number of rotatable bonds is 0. The van der Waals surface area contributed by atoms with Crippen LogP contribution in [-0.4, -0.2) is 35.5 Å². The largest absolute Gasteiger partial charge is 0.444 e. The lowest BCUT2D eigenvalue weighted by atomic mass is 9.96. The van der Waals surface area contributed by atoms with E-state index in [0.717, 1.165) is 11.1 Å². The van der Waals surface area contributed by atoms with Gasteiger partial charge in [-0.05, 0) is 26.3 Å². The van der Waals surface area contributed by atoms with Crippen LogP contribution < -0.4 is 0 Å². The molecule has 2 aliphatic rings. The highest BCUT2D eigenvalue weighted by atomic mass is 16.6. The number of ketones is 1. The van der Waals surface area contributed by atoms with E-state index in [1.807, 2.05) is 45.0 Å². The summed E-state index contributed by atoms with van der Waals surface area (Å²) in [6.45, 7) is 6.59. The van der Waals surface area contributed by atoms with Gasteiger partial charge in [0.2, 0.25) is 0 Å². The molecule has 1 saturated heterocycles. The van der Waals surface area contributed by atoms with Crippen molar-refractivity contribution in [3.63, 3.8) is 0 Å². The normalized spacial score (nSPS) is 24.6. The Morgan fingerprint density at radius 3 is 2.55 bits per heavy atom. The number of amides is 1. The van der Waals surface area contributed by atoms with E-state index in [1.54, 1.807) is 4.90 Å². The summed E-state index contributed by atoms with van der Waals surface area (Å²) in [5.74, 6) is 0.197. The van der Waals surface area contributed by atoms with Gasteiger partial charge in [-0.25, -0.2) is 4.79 Å². The van der Waals surface area contributed by atoms with E-state index >= 15 is 0 Å². The topological polar surface area (TPSA) is 46.6 Å². The molecule has 1 aliphatic carbocycles. The molecule has 0 unspecified atom stereocenters. The first-order valence-electron chi connectivity index (χ1n) is 6.98. The van der Waals surface area contributed by atoms with Gasteiger partial charge in [-0.2, -0.15) is 0 Å². The van der Waals surface area contributed by atoms with Crippen LogP contribution in [0.3, 0.4) is 0 Å². The number of hydrogen-bond acceptors (Lipinski definition) is 3. The maximum Gasteiger partial charge on any atom is 0.410 e. The van der Waals surface area contributed by atoms with E-state index in [4.69, 9.17) is 4.74 Å². The molecule has 2 atom stereocenters.